The monoisotopic (exact) mass is 327 g/mol. The minimum atomic E-state index is -0.691. The maximum Gasteiger partial charge on any atom is 0.249 e. The van der Waals surface area contributed by atoms with Crippen molar-refractivity contribution in [1.82, 2.24) is 14.8 Å². The quantitative estimate of drug-likeness (QED) is 0.902. The second-order valence-corrected chi connectivity index (χ2v) is 6.52. The summed E-state index contributed by atoms with van der Waals surface area (Å²) in [5.74, 6) is 0.872. The van der Waals surface area contributed by atoms with E-state index in [1.54, 1.807) is 0 Å². The fraction of sp³-hybridized carbons (Fsp3) is 0.412. The maximum atomic E-state index is 12.6. The molecule has 2 aromatic rings. The molecule has 126 valence electrons. The highest BCUT2D eigenvalue weighted by atomic mass is 16.2. The molecule has 0 saturated carbocycles. The van der Waals surface area contributed by atoms with Gasteiger partial charge in [-0.15, -0.1) is 0 Å². The Hall–Kier alpha value is -2.70. The molecule has 3 rings (SSSR count). The van der Waals surface area contributed by atoms with E-state index in [1.807, 2.05) is 31.2 Å². The van der Waals surface area contributed by atoms with E-state index in [0.29, 0.717) is 29.8 Å². The fourth-order valence-electron chi connectivity index (χ4n) is 2.63. The topological polar surface area (TPSA) is 88.9 Å². The summed E-state index contributed by atoms with van der Waals surface area (Å²) in [6, 6.07) is 6.82. The average Bonchev–Trinajstić information content (AvgIpc) is 2.89. The molecule has 0 fully saturated rings. The zero-order valence-corrected chi connectivity index (χ0v) is 14.0. The van der Waals surface area contributed by atoms with E-state index in [2.05, 4.69) is 34.6 Å². The highest BCUT2D eigenvalue weighted by Crippen LogP contribution is 2.25. The van der Waals surface area contributed by atoms with E-state index in [-0.39, 0.29) is 18.2 Å². The molecule has 1 aromatic heterocycles. The number of rotatable bonds is 4. The van der Waals surface area contributed by atoms with Crippen LogP contribution in [-0.4, -0.2) is 26.6 Å². The summed E-state index contributed by atoms with van der Waals surface area (Å²) in [7, 11) is 0. The third kappa shape index (κ3) is 3.45. The number of amides is 2. The van der Waals surface area contributed by atoms with Gasteiger partial charge in [0.05, 0.1) is 6.42 Å². The normalized spacial score (nSPS) is 16.7. The number of nitrogens with one attached hydrogen (secondary N) is 2. The molecule has 0 aliphatic carbocycles. The predicted molar refractivity (Wildman–Crippen MR) is 90.7 cm³/mol. The number of carbonyl (C=O) groups excluding carboxylic acids is 2. The summed E-state index contributed by atoms with van der Waals surface area (Å²) in [6.07, 6.45) is 0.747. The Morgan fingerprint density at radius 2 is 2.08 bits per heavy atom. The van der Waals surface area contributed by atoms with Crippen LogP contribution in [0.15, 0.2) is 24.3 Å². The third-order valence-electron chi connectivity index (χ3n) is 3.81. The SMILES string of the molecule is Cc1ccc(NC(=O)[C@H]2CC(=O)Nc3nc(CC(C)C)nn32)cc1. The van der Waals surface area contributed by atoms with Crippen molar-refractivity contribution >= 4 is 23.5 Å². The van der Waals surface area contributed by atoms with Crippen molar-refractivity contribution < 1.29 is 9.59 Å². The van der Waals surface area contributed by atoms with Crippen molar-refractivity contribution in [1.29, 1.82) is 0 Å². The van der Waals surface area contributed by atoms with Crippen molar-refractivity contribution in [3.63, 3.8) is 0 Å². The zero-order chi connectivity index (χ0) is 17.3. The van der Waals surface area contributed by atoms with Crippen LogP contribution in [0.5, 0.6) is 0 Å². The summed E-state index contributed by atoms with van der Waals surface area (Å²) < 4.78 is 1.52. The Kier molecular flexibility index (Phi) is 4.33. The van der Waals surface area contributed by atoms with Crippen molar-refractivity contribution in [2.45, 2.75) is 39.7 Å². The number of aryl methyl sites for hydroxylation is 1. The number of aromatic nitrogens is 3. The molecule has 1 atom stereocenters. The molecular weight excluding hydrogens is 306 g/mol. The molecular formula is C17H21N5O2. The van der Waals surface area contributed by atoms with Crippen LogP contribution in [0, 0.1) is 12.8 Å². The summed E-state index contributed by atoms with van der Waals surface area (Å²) in [4.78, 5) is 28.8. The number of hydrogen-bond donors (Lipinski definition) is 2. The van der Waals surface area contributed by atoms with Gasteiger partial charge in [0, 0.05) is 12.1 Å². The molecule has 1 aromatic carbocycles. The number of hydrogen-bond acceptors (Lipinski definition) is 4. The average molecular weight is 327 g/mol. The molecule has 0 unspecified atom stereocenters. The van der Waals surface area contributed by atoms with Crippen molar-refractivity contribution in [2.24, 2.45) is 5.92 Å². The van der Waals surface area contributed by atoms with Crippen molar-refractivity contribution in [3.8, 4) is 0 Å². The molecule has 0 radical (unpaired) electrons. The van der Waals surface area contributed by atoms with Crippen molar-refractivity contribution in [2.75, 3.05) is 10.6 Å². The first kappa shape index (κ1) is 16.2. The minimum Gasteiger partial charge on any atom is -0.324 e. The molecule has 2 N–H and O–H groups in total. The van der Waals surface area contributed by atoms with Gasteiger partial charge in [-0.1, -0.05) is 31.5 Å². The van der Waals surface area contributed by atoms with Crippen LogP contribution in [0.3, 0.4) is 0 Å². The van der Waals surface area contributed by atoms with E-state index in [0.717, 1.165) is 5.56 Å². The maximum absolute atomic E-state index is 12.6. The predicted octanol–water partition coefficient (Wildman–Crippen LogP) is 2.31. The van der Waals surface area contributed by atoms with E-state index < -0.39 is 6.04 Å². The van der Waals surface area contributed by atoms with Gasteiger partial charge in [0.15, 0.2) is 5.82 Å². The van der Waals surface area contributed by atoms with Crippen LogP contribution in [0.1, 0.15) is 37.7 Å². The van der Waals surface area contributed by atoms with Crippen LogP contribution in [0.4, 0.5) is 11.6 Å². The van der Waals surface area contributed by atoms with Gasteiger partial charge in [0.2, 0.25) is 17.8 Å². The fourth-order valence-corrected chi connectivity index (χ4v) is 2.63. The smallest absolute Gasteiger partial charge is 0.249 e. The number of benzene rings is 1. The Balaban J connectivity index is 1.83. The first-order valence-electron chi connectivity index (χ1n) is 8.05. The van der Waals surface area contributed by atoms with Gasteiger partial charge in [-0.25, -0.2) is 4.68 Å². The molecule has 0 spiro atoms. The standard InChI is InChI=1S/C17H21N5O2/c1-10(2)8-14-19-17-20-15(23)9-13(22(17)21-14)16(24)18-12-6-4-11(3)5-7-12/h4-7,10,13H,8-9H2,1-3H3,(H,18,24)(H,19,20,21,23)/t13-/m1/s1. The van der Waals surface area contributed by atoms with Gasteiger partial charge in [0.25, 0.3) is 0 Å². The number of fused-ring (bicyclic) bond motifs is 1. The Morgan fingerprint density at radius 3 is 2.75 bits per heavy atom. The van der Waals surface area contributed by atoms with E-state index in [4.69, 9.17) is 0 Å². The molecule has 7 heteroatoms. The van der Waals surface area contributed by atoms with E-state index >= 15 is 0 Å². The lowest BCUT2D eigenvalue weighted by atomic mass is 10.1. The molecule has 1 aliphatic heterocycles. The zero-order valence-electron chi connectivity index (χ0n) is 14.0. The molecule has 0 saturated heterocycles. The summed E-state index contributed by atoms with van der Waals surface area (Å²) in [5, 5.41) is 9.94. The second kappa shape index (κ2) is 6.43. The largest absolute Gasteiger partial charge is 0.324 e. The molecule has 2 amide bonds. The Morgan fingerprint density at radius 1 is 1.38 bits per heavy atom. The first-order valence-corrected chi connectivity index (χ1v) is 8.05. The van der Waals surface area contributed by atoms with Crippen LogP contribution >= 0.6 is 0 Å². The van der Waals surface area contributed by atoms with Crippen LogP contribution in [-0.2, 0) is 16.0 Å². The summed E-state index contributed by atoms with van der Waals surface area (Å²) >= 11 is 0. The Bertz CT molecular complexity index is 764. The second-order valence-electron chi connectivity index (χ2n) is 6.52. The van der Waals surface area contributed by atoms with Gasteiger partial charge in [-0.2, -0.15) is 10.1 Å². The van der Waals surface area contributed by atoms with Crippen LogP contribution in [0.2, 0.25) is 0 Å². The van der Waals surface area contributed by atoms with Crippen LogP contribution < -0.4 is 10.6 Å². The van der Waals surface area contributed by atoms with Crippen LogP contribution in [0.25, 0.3) is 0 Å². The lowest BCUT2D eigenvalue weighted by Gasteiger charge is -2.22. The molecule has 24 heavy (non-hydrogen) atoms. The third-order valence-corrected chi connectivity index (χ3v) is 3.81. The van der Waals surface area contributed by atoms with Gasteiger partial charge in [-0.3, -0.25) is 14.9 Å². The van der Waals surface area contributed by atoms with E-state index in [9.17, 15) is 9.59 Å². The molecule has 1 aliphatic rings. The van der Waals surface area contributed by atoms with Crippen molar-refractivity contribution in [3.05, 3.63) is 35.7 Å². The van der Waals surface area contributed by atoms with Gasteiger partial charge in [0.1, 0.15) is 6.04 Å². The number of carbonyl (C=O) groups is 2. The van der Waals surface area contributed by atoms with Gasteiger partial charge < -0.3 is 5.32 Å². The number of nitrogens with zero attached hydrogens (tertiary/aromatic N) is 3. The summed E-state index contributed by atoms with van der Waals surface area (Å²) in [6.45, 7) is 6.12. The summed E-state index contributed by atoms with van der Waals surface area (Å²) in [5.41, 5.74) is 1.81. The number of anilines is 2. The van der Waals surface area contributed by atoms with Gasteiger partial charge >= 0.3 is 0 Å². The lowest BCUT2D eigenvalue weighted by Crippen LogP contribution is -2.36. The molecule has 2 heterocycles. The lowest BCUT2D eigenvalue weighted by molar-refractivity contribution is -0.125. The molecule has 0 bridgehead atoms. The highest BCUT2D eigenvalue weighted by molar-refractivity contribution is 6.00. The Labute approximate surface area is 140 Å². The highest BCUT2D eigenvalue weighted by Gasteiger charge is 2.33. The first-order chi connectivity index (χ1) is 11.4. The molecule has 7 nitrogen and oxygen atoms in total. The van der Waals surface area contributed by atoms with Gasteiger partial charge in [-0.05, 0) is 25.0 Å². The minimum absolute atomic E-state index is 0.0508. The van der Waals surface area contributed by atoms with E-state index in [1.165, 1.54) is 4.68 Å².